The molecule has 1 nitrogen and oxygen atoms in total. The molecule has 1 aromatic carbocycles. The molecule has 0 bridgehead atoms. The topological polar surface area (TPSA) is 20.2 Å². The third-order valence-corrected chi connectivity index (χ3v) is 6.20. The zero-order valence-electron chi connectivity index (χ0n) is 11.9. The first-order valence-electron chi connectivity index (χ1n) is 7.77. The lowest BCUT2D eigenvalue weighted by molar-refractivity contribution is 0.0610. The smallest absolute Gasteiger partial charge is 0.115 e. The van der Waals surface area contributed by atoms with Crippen molar-refractivity contribution in [2.75, 3.05) is 0 Å². The summed E-state index contributed by atoms with van der Waals surface area (Å²) in [4.78, 5) is 0. The van der Waals surface area contributed by atoms with Gasteiger partial charge >= 0.3 is 0 Å². The quantitative estimate of drug-likeness (QED) is 0.725. The molecule has 0 radical (unpaired) electrons. The highest BCUT2D eigenvalue weighted by molar-refractivity contribution is 5.40. The number of hydrogen-bond acceptors (Lipinski definition) is 1. The Morgan fingerprint density at radius 1 is 1.30 bits per heavy atom. The Balaban J connectivity index is 1.72. The fraction of sp³-hybridized carbons (Fsp3) is 0.556. The van der Waals surface area contributed by atoms with Crippen LogP contribution in [-0.4, -0.2) is 5.11 Å². The first-order chi connectivity index (χ1) is 9.59. The van der Waals surface area contributed by atoms with Crippen molar-refractivity contribution in [1.82, 2.24) is 0 Å². The van der Waals surface area contributed by atoms with E-state index in [-0.39, 0.29) is 11.2 Å². The van der Waals surface area contributed by atoms with E-state index >= 15 is 0 Å². The van der Waals surface area contributed by atoms with Crippen molar-refractivity contribution in [2.24, 2.45) is 17.3 Å². The van der Waals surface area contributed by atoms with Crippen molar-refractivity contribution >= 4 is 0 Å². The number of hydrogen-bond donors (Lipinski definition) is 1. The van der Waals surface area contributed by atoms with Crippen LogP contribution in [0.3, 0.4) is 0 Å². The fourth-order valence-corrected chi connectivity index (χ4v) is 5.08. The fourth-order valence-electron chi connectivity index (χ4n) is 5.08. The summed E-state index contributed by atoms with van der Waals surface area (Å²) in [6, 6.07) is 5.83. The molecule has 0 heterocycles. The molecule has 0 saturated heterocycles. The maximum Gasteiger partial charge on any atom is 0.115 e. The number of allylic oxidation sites excluding steroid dienone is 2. The summed E-state index contributed by atoms with van der Waals surface area (Å²) in [6.45, 7) is 2.12. The van der Waals surface area contributed by atoms with E-state index in [9.17, 15) is 9.50 Å². The zero-order valence-corrected chi connectivity index (χ0v) is 11.9. The van der Waals surface area contributed by atoms with Gasteiger partial charge in [-0.05, 0) is 73.1 Å². The number of aromatic hydroxyl groups is 1. The Kier molecular flexibility index (Phi) is 2.55. The predicted molar refractivity (Wildman–Crippen MR) is 77.3 cm³/mol. The van der Waals surface area contributed by atoms with Gasteiger partial charge in [0.1, 0.15) is 11.6 Å². The summed E-state index contributed by atoms with van der Waals surface area (Å²) < 4.78 is 14.2. The summed E-state index contributed by atoms with van der Waals surface area (Å²) >= 11 is 0. The zero-order chi connectivity index (χ0) is 13.9. The van der Waals surface area contributed by atoms with E-state index in [0.717, 1.165) is 32.1 Å². The number of rotatable bonds is 0. The van der Waals surface area contributed by atoms with Crippen molar-refractivity contribution in [2.45, 2.75) is 44.9 Å². The average molecular weight is 272 g/mol. The first kappa shape index (κ1) is 12.4. The van der Waals surface area contributed by atoms with Gasteiger partial charge in [0.15, 0.2) is 0 Å². The van der Waals surface area contributed by atoms with Gasteiger partial charge in [0.25, 0.3) is 0 Å². The standard InChI is InChI=1S/C18H21FO/c1-18-9-8-14-13-5-3-12(20)10-11(13)2-4-15(14)16(18)6-7-17(18)19/h3,5,7,10,14-16,20H,2,4,6,8-9H2,1H3/t14-,15-,16+,18+/m1/s1. The van der Waals surface area contributed by atoms with Crippen LogP contribution in [-0.2, 0) is 6.42 Å². The van der Waals surface area contributed by atoms with E-state index in [1.165, 1.54) is 11.1 Å². The Morgan fingerprint density at radius 2 is 2.15 bits per heavy atom. The van der Waals surface area contributed by atoms with Crippen LogP contribution in [0.1, 0.15) is 49.7 Å². The maximum atomic E-state index is 14.2. The van der Waals surface area contributed by atoms with Gasteiger partial charge < -0.3 is 5.11 Å². The maximum absolute atomic E-state index is 14.2. The highest BCUT2D eigenvalue weighted by atomic mass is 19.1. The van der Waals surface area contributed by atoms with Crippen LogP contribution in [0.25, 0.3) is 0 Å². The van der Waals surface area contributed by atoms with Gasteiger partial charge in [-0.3, -0.25) is 0 Å². The van der Waals surface area contributed by atoms with Crippen LogP contribution in [0.15, 0.2) is 30.1 Å². The van der Waals surface area contributed by atoms with Gasteiger partial charge in [0.2, 0.25) is 0 Å². The van der Waals surface area contributed by atoms with E-state index < -0.39 is 0 Å². The average Bonchev–Trinajstić information content (AvgIpc) is 2.74. The number of phenolic OH excluding ortho intramolecular Hbond substituents is 1. The van der Waals surface area contributed by atoms with Crippen molar-refractivity contribution < 1.29 is 9.50 Å². The third-order valence-electron chi connectivity index (χ3n) is 6.20. The molecular weight excluding hydrogens is 251 g/mol. The summed E-state index contributed by atoms with van der Waals surface area (Å²) in [5.41, 5.74) is 2.52. The summed E-state index contributed by atoms with van der Waals surface area (Å²) in [6.07, 6.45) is 6.95. The molecule has 4 rings (SSSR count). The Bertz CT molecular complexity index is 591. The molecule has 1 aromatic rings. The number of halogens is 1. The van der Waals surface area contributed by atoms with Gasteiger partial charge in [-0.1, -0.05) is 19.1 Å². The van der Waals surface area contributed by atoms with Gasteiger partial charge in [-0.25, -0.2) is 4.39 Å². The van der Waals surface area contributed by atoms with E-state index in [1.807, 2.05) is 18.2 Å². The Hall–Kier alpha value is -1.31. The summed E-state index contributed by atoms with van der Waals surface area (Å²) in [5.74, 6) is 2.16. The van der Waals surface area contributed by atoms with Crippen LogP contribution in [0.2, 0.25) is 0 Å². The second-order valence-corrected chi connectivity index (χ2v) is 7.04. The lowest BCUT2D eigenvalue weighted by atomic mass is 9.55. The molecule has 0 amide bonds. The predicted octanol–water partition coefficient (Wildman–Crippen LogP) is 4.71. The summed E-state index contributed by atoms with van der Waals surface area (Å²) in [7, 11) is 0. The molecule has 0 aliphatic heterocycles. The Morgan fingerprint density at radius 3 is 3.00 bits per heavy atom. The van der Waals surface area contributed by atoms with Crippen LogP contribution >= 0.6 is 0 Å². The minimum absolute atomic E-state index is 0.137. The van der Waals surface area contributed by atoms with Crippen molar-refractivity contribution in [3.8, 4) is 5.75 Å². The Labute approximate surface area is 119 Å². The van der Waals surface area contributed by atoms with E-state index in [0.29, 0.717) is 23.5 Å². The normalized spacial score (nSPS) is 38.7. The third kappa shape index (κ3) is 1.54. The lowest BCUT2D eigenvalue weighted by Gasteiger charge is -2.49. The SMILES string of the molecule is C[C@]12CC[C@@H]3c4ccc(O)cc4CC[C@H]3[C@@H]1CC=C2F. The lowest BCUT2D eigenvalue weighted by Crippen LogP contribution is -2.40. The van der Waals surface area contributed by atoms with Gasteiger partial charge in [0.05, 0.1) is 0 Å². The van der Waals surface area contributed by atoms with Crippen molar-refractivity contribution in [3.05, 3.63) is 41.2 Å². The molecular formula is C18H21FO. The molecule has 1 saturated carbocycles. The summed E-state index contributed by atoms with van der Waals surface area (Å²) in [5, 5.41) is 9.65. The number of benzene rings is 1. The largest absolute Gasteiger partial charge is 0.508 e. The molecule has 20 heavy (non-hydrogen) atoms. The van der Waals surface area contributed by atoms with E-state index in [4.69, 9.17) is 0 Å². The number of fused-ring (bicyclic) bond motifs is 5. The minimum Gasteiger partial charge on any atom is -0.508 e. The van der Waals surface area contributed by atoms with E-state index in [1.54, 1.807) is 0 Å². The number of aryl methyl sites for hydroxylation is 1. The molecule has 4 atom stereocenters. The molecule has 106 valence electrons. The van der Waals surface area contributed by atoms with Gasteiger partial charge in [0, 0.05) is 5.41 Å². The van der Waals surface area contributed by atoms with Crippen LogP contribution in [0, 0.1) is 17.3 Å². The molecule has 0 unspecified atom stereocenters. The first-order valence-corrected chi connectivity index (χ1v) is 7.77. The van der Waals surface area contributed by atoms with Crippen LogP contribution < -0.4 is 0 Å². The monoisotopic (exact) mass is 272 g/mol. The molecule has 1 N–H and O–H groups in total. The highest BCUT2D eigenvalue weighted by Crippen LogP contribution is 2.61. The molecule has 3 aliphatic rings. The minimum atomic E-state index is -0.199. The molecule has 2 heteroatoms. The van der Waals surface area contributed by atoms with E-state index in [2.05, 4.69) is 13.0 Å². The highest BCUT2D eigenvalue weighted by Gasteiger charge is 2.52. The van der Waals surface area contributed by atoms with Gasteiger partial charge in [-0.15, -0.1) is 0 Å². The second kappa shape index (κ2) is 4.09. The van der Waals surface area contributed by atoms with Crippen molar-refractivity contribution in [1.29, 1.82) is 0 Å². The molecule has 0 spiro atoms. The second-order valence-electron chi connectivity index (χ2n) is 7.04. The van der Waals surface area contributed by atoms with Crippen LogP contribution in [0.5, 0.6) is 5.75 Å². The molecule has 3 aliphatic carbocycles. The molecule has 1 fully saturated rings. The van der Waals surface area contributed by atoms with Crippen LogP contribution in [0.4, 0.5) is 4.39 Å². The number of phenols is 1. The van der Waals surface area contributed by atoms with Gasteiger partial charge in [-0.2, -0.15) is 0 Å². The molecule has 0 aromatic heterocycles. The van der Waals surface area contributed by atoms with Crippen molar-refractivity contribution in [3.63, 3.8) is 0 Å².